The van der Waals surface area contributed by atoms with Gasteiger partial charge < -0.3 is 20.3 Å². The lowest BCUT2D eigenvalue weighted by atomic mass is 9.99. The standard InChI is InChI=1S/C29H39N3O4/c1-8-19-32(24(22-17-13-10-14-18-22)25(33)31-28(2,3)4)26(34)23(20-21-15-11-9-12-16-21)30-27(35)36-29(5,6)7/h8-18,23-24H,1,19-20H2,2-7H3,(H,30,35)(H,31,33). The SMILES string of the molecule is C=CCN(C(=O)C(Cc1ccccc1)NC(=O)OC(C)(C)C)C(C(=O)NC(C)(C)C)c1ccccc1. The van der Waals surface area contributed by atoms with Crippen molar-refractivity contribution in [3.05, 3.63) is 84.4 Å². The van der Waals surface area contributed by atoms with Gasteiger partial charge in [-0.3, -0.25) is 9.59 Å². The highest BCUT2D eigenvalue weighted by Crippen LogP contribution is 2.24. The van der Waals surface area contributed by atoms with Crippen molar-refractivity contribution in [3.63, 3.8) is 0 Å². The Labute approximate surface area is 214 Å². The lowest BCUT2D eigenvalue weighted by Crippen LogP contribution is -2.55. The average molecular weight is 494 g/mol. The number of carbonyl (C=O) groups is 3. The van der Waals surface area contributed by atoms with Crippen molar-refractivity contribution in [1.82, 2.24) is 15.5 Å². The second-order valence-corrected chi connectivity index (χ2v) is 10.7. The molecule has 2 aromatic rings. The highest BCUT2D eigenvalue weighted by molar-refractivity contribution is 5.92. The molecule has 0 radical (unpaired) electrons. The molecule has 36 heavy (non-hydrogen) atoms. The van der Waals surface area contributed by atoms with E-state index < -0.39 is 35.2 Å². The van der Waals surface area contributed by atoms with Crippen LogP contribution in [0.1, 0.15) is 58.7 Å². The molecule has 0 spiro atoms. The lowest BCUT2D eigenvalue weighted by Gasteiger charge is -2.35. The molecule has 2 rings (SSSR count). The van der Waals surface area contributed by atoms with Crippen molar-refractivity contribution in [1.29, 1.82) is 0 Å². The minimum absolute atomic E-state index is 0.108. The number of benzene rings is 2. The first kappa shape index (κ1) is 28.6. The van der Waals surface area contributed by atoms with Crippen LogP contribution >= 0.6 is 0 Å². The molecule has 0 aromatic heterocycles. The number of carbonyl (C=O) groups excluding carboxylic acids is 3. The van der Waals surface area contributed by atoms with E-state index in [2.05, 4.69) is 17.2 Å². The van der Waals surface area contributed by atoms with Crippen LogP contribution < -0.4 is 10.6 Å². The molecule has 0 heterocycles. The molecule has 2 aromatic carbocycles. The van der Waals surface area contributed by atoms with Crippen LogP contribution in [0, 0.1) is 0 Å². The molecule has 0 aliphatic rings. The van der Waals surface area contributed by atoms with Crippen LogP contribution in [0.4, 0.5) is 4.79 Å². The average Bonchev–Trinajstić information content (AvgIpc) is 2.77. The molecular formula is C29H39N3O4. The Balaban J connectivity index is 2.49. The predicted octanol–water partition coefficient (Wildman–Crippen LogP) is 4.79. The number of amides is 3. The first-order valence-electron chi connectivity index (χ1n) is 12.1. The molecule has 0 saturated heterocycles. The van der Waals surface area contributed by atoms with Crippen molar-refractivity contribution < 1.29 is 19.1 Å². The fourth-order valence-corrected chi connectivity index (χ4v) is 3.71. The molecule has 0 fully saturated rings. The molecule has 194 valence electrons. The van der Waals surface area contributed by atoms with Gasteiger partial charge in [0, 0.05) is 18.5 Å². The topological polar surface area (TPSA) is 87.7 Å². The molecule has 2 atom stereocenters. The first-order chi connectivity index (χ1) is 16.8. The molecule has 0 bridgehead atoms. The lowest BCUT2D eigenvalue weighted by molar-refractivity contribution is -0.142. The summed E-state index contributed by atoms with van der Waals surface area (Å²) in [4.78, 5) is 41.7. The molecule has 0 aliphatic heterocycles. The van der Waals surface area contributed by atoms with Crippen LogP contribution in [-0.2, 0) is 20.7 Å². The van der Waals surface area contributed by atoms with E-state index in [1.54, 1.807) is 26.8 Å². The zero-order chi connectivity index (χ0) is 26.9. The predicted molar refractivity (Wildman–Crippen MR) is 142 cm³/mol. The Morgan fingerprint density at radius 2 is 1.50 bits per heavy atom. The Kier molecular flexibility index (Phi) is 9.84. The van der Waals surface area contributed by atoms with Gasteiger partial charge in [-0.25, -0.2) is 4.79 Å². The normalized spacial score (nSPS) is 13.2. The van der Waals surface area contributed by atoms with E-state index in [4.69, 9.17) is 4.74 Å². The summed E-state index contributed by atoms with van der Waals surface area (Å²) in [6, 6.07) is 16.6. The Bertz CT molecular complexity index is 1020. The van der Waals surface area contributed by atoms with Gasteiger partial charge in [-0.2, -0.15) is 0 Å². The summed E-state index contributed by atoms with van der Waals surface area (Å²) >= 11 is 0. The third-order valence-electron chi connectivity index (χ3n) is 5.05. The molecule has 0 aliphatic carbocycles. The van der Waals surface area contributed by atoms with Crippen molar-refractivity contribution in [2.45, 2.75) is 71.2 Å². The van der Waals surface area contributed by atoms with Crippen LogP contribution in [0.2, 0.25) is 0 Å². The number of hydrogen-bond acceptors (Lipinski definition) is 4. The summed E-state index contributed by atoms with van der Waals surface area (Å²) in [5.74, 6) is -0.734. The number of hydrogen-bond donors (Lipinski definition) is 2. The zero-order valence-electron chi connectivity index (χ0n) is 22.2. The molecule has 7 nitrogen and oxygen atoms in total. The summed E-state index contributed by atoms with van der Waals surface area (Å²) < 4.78 is 5.43. The van der Waals surface area contributed by atoms with Crippen molar-refractivity contribution in [2.75, 3.05) is 6.54 Å². The van der Waals surface area contributed by atoms with Gasteiger partial charge in [0.25, 0.3) is 0 Å². The molecule has 2 N–H and O–H groups in total. The number of rotatable bonds is 9. The van der Waals surface area contributed by atoms with Gasteiger partial charge in [0.05, 0.1) is 0 Å². The van der Waals surface area contributed by atoms with E-state index in [1.165, 1.54) is 4.90 Å². The first-order valence-corrected chi connectivity index (χ1v) is 12.1. The van der Waals surface area contributed by atoms with Gasteiger partial charge in [0.15, 0.2) is 0 Å². The second kappa shape index (κ2) is 12.4. The summed E-state index contributed by atoms with van der Waals surface area (Å²) in [6.45, 7) is 14.8. The monoisotopic (exact) mass is 493 g/mol. The van der Waals surface area contributed by atoms with E-state index in [-0.39, 0.29) is 18.9 Å². The number of ether oxygens (including phenoxy) is 1. The van der Waals surface area contributed by atoms with E-state index in [9.17, 15) is 14.4 Å². The number of nitrogens with zero attached hydrogens (tertiary/aromatic N) is 1. The molecule has 0 saturated carbocycles. The Hall–Kier alpha value is -3.61. The third-order valence-corrected chi connectivity index (χ3v) is 5.05. The van der Waals surface area contributed by atoms with E-state index in [1.807, 2.05) is 81.4 Å². The molecular weight excluding hydrogens is 454 g/mol. The largest absolute Gasteiger partial charge is 0.444 e. The van der Waals surface area contributed by atoms with Gasteiger partial charge >= 0.3 is 6.09 Å². The van der Waals surface area contributed by atoms with E-state index in [0.717, 1.165) is 5.56 Å². The Morgan fingerprint density at radius 1 is 0.944 bits per heavy atom. The minimum Gasteiger partial charge on any atom is -0.444 e. The van der Waals surface area contributed by atoms with E-state index in [0.29, 0.717) is 5.56 Å². The summed E-state index contributed by atoms with van der Waals surface area (Å²) in [5, 5.41) is 5.73. The van der Waals surface area contributed by atoms with Gasteiger partial charge in [0.2, 0.25) is 11.8 Å². The van der Waals surface area contributed by atoms with Crippen molar-refractivity contribution >= 4 is 17.9 Å². The summed E-state index contributed by atoms with van der Waals surface area (Å²) in [5.41, 5.74) is 0.279. The van der Waals surface area contributed by atoms with Gasteiger partial charge in [-0.15, -0.1) is 6.58 Å². The van der Waals surface area contributed by atoms with Gasteiger partial charge in [-0.1, -0.05) is 66.7 Å². The fraction of sp³-hybridized carbons (Fsp3) is 0.414. The third kappa shape index (κ3) is 9.21. The second-order valence-electron chi connectivity index (χ2n) is 10.7. The fourth-order valence-electron chi connectivity index (χ4n) is 3.71. The van der Waals surface area contributed by atoms with Crippen molar-refractivity contribution in [3.8, 4) is 0 Å². The maximum atomic E-state index is 14.1. The Morgan fingerprint density at radius 3 is 2.00 bits per heavy atom. The quantitative estimate of drug-likeness (QED) is 0.492. The van der Waals surface area contributed by atoms with Crippen LogP contribution in [0.15, 0.2) is 73.3 Å². The van der Waals surface area contributed by atoms with Crippen LogP contribution in [0.3, 0.4) is 0 Å². The summed E-state index contributed by atoms with van der Waals surface area (Å²) in [7, 11) is 0. The number of alkyl carbamates (subject to hydrolysis) is 1. The van der Waals surface area contributed by atoms with E-state index >= 15 is 0 Å². The van der Waals surface area contributed by atoms with Gasteiger partial charge in [-0.05, 0) is 52.7 Å². The zero-order valence-corrected chi connectivity index (χ0v) is 22.2. The van der Waals surface area contributed by atoms with Gasteiger partial charge in [0.1, 0.15) is 17.7 Å². The molecule has 3 amide bonds. The van der Waals surface area contributed by atoms with Crippen LogP contribution in [-0.4, -0.2) is 46.5 Å². The minimum atomic E-state index is -0.962. The highest BCUT2D eigenvalue weighted by Gasteiger charge is 2.36. The maximum Gasteiger partial charge on any atom is 0.408 e. The maximum absolute atomic E-state index is 14.1. The van der Waals surface area contributed by atoms with Crippen LogP contribution in [0.25, 0.3) is 0 Å². The molecule has 2 unspecified atom stereocenters. The number of nitrogens with one attached hydrogen (secondary N) is 2. The van der Waals surface area contributed by atoms with Crippen molar-refractivity contribution in [2.24, 2.45) is 0 Å². The highest BCUT2D eigenvalue weighted by atomic mass is 16.6. The van der Waals surface area contributed by atoms with Crippen LogP contribution in [0.5, 0.6) is 0 Å². The smallest absolute Gasteiger partial charge is 0.408 e. The molecule has 7 heteroatoms. The summed E-state index contributed by atoms with van der Waals surface area (Å²) in [6.07, 6.45) is 1.10.